The number of carbonyl (C=O) groups excluding carboxylic acids is 1. The summed E-state index contributed by atoms with van der Waals surface area (Å²) in [6.45, 7) is 5.53. The molecule has 0 bridgehead atoms. The quantitative estimate of drug-likeness (QED) is 0.513. The lowest BCUT2D eigenvalue weighted by Crippen LogP contribution is -2.44. The summed E-state index contributed by atoms with van der Waals surface area (Å²) in [5, 5.41) is 12.8. The van der Waals surface area contributed by atoms with Crippen molar-refractivity contribution < 1.29 is 4.79 Å². The fourth-order valence-corrected chi connectivity index (χ4v) is 4.83. The maximum absolute atomic E-state index is 12.9. The Morgan fingerprint density at radius 3 is 2.12 bits per heavy atom. The third kappa shape index (κ3) is 7.89. The molecule has 1 aromatic carbocycles. The molecule has 2 aliphatic rings. The van der Waals surface area contributed by atoms with Gasteiger partial charge >= 0.3 is 0 Å². The number of hydrogen-bond acceptors (Lipinski definition) is 4. The van der Waals surface area contributed by atoms with Gasteiger partial charge in [0.15, 0.2) is 0 Å². The Morgan fingerprint density at radius 1 is 0.969 bits per heavy atom. The number of benzene rings is 1. The van der Waals surface area contributed by atoms with Crippen LogP contribution in [0.15, 0.2) is 36.0 Å². The molecule has 1 aliphatic heterocycles. The van der Waals surface area contributed by atoms with E-state index in [4.69, 9.17) is 0 Å². The van der Waals surface area contributed by atoms with Crippen LogP contribution < -0.4 is 10.2 Å². The van der Waals surface area contributed by atoms with Gasteiger partial charge in [-0.25, -0.2) is 0 Å². The zero-order valence-corrected chi connectivity index (χ0v) is 19.8. The minimum Gasteiger partial charge on any atom is -0.373 e. The van der Waals surface area contributed by atoms with Gasteiger partial charge in [0, 0.05) is 44.1 Å². The van der Waals surface area contributed by atoms with E-state index in [1.54, 1.807) is 6.20 Å². The highest BCUT2D eigenvalue weighted by Crippen LogP contribution is 2.19. The SMILES string of the molecule is Cc1cccc(N2CCN(/C=C(/C#N)C(=O)NC3CCCCCCCCCCC3)CC2)c1. The summed E-state index contributed by atoms with van der Waals surface area (Å²) < 4.78 is 0. The Balaban J connectivity index is 1.52. The van der Waals surface area contributed by atoms with Crippen molar-refractivity contribution in [2.75, 3.05) is 31.1 Å². The molecule has 0 aromatic heterocycles. The summed E-state index contributed by atoms with van der Waals surface area (Å²) in [6, 6.07) is 10.9. The normalized spacial score (nSPS) is 20.1. The Bertz CT molecular complexity index is 777. The molecule has 1 aliphatic carbocycles. The maximum atomic E-state index is 12.9. The molecule has 5 heteroatoms. The second-order valence-corrected chi connectivity index (χ2v) is 9.45. The third-order valence-corrected chi connectivity index (χ3v) is 6.80. The van der Waals surface area contributed by atoms with E-state index in [1.807, 2.05) is 0 Å². The highest BCUT2D eigenvalue weighted by molar-refractivity contribution is 5.97. The van der Waals surface area contributed by atoms with Crippen LogP contribution in [0.5, 0.6) is 0 Å². The van der Waals surface area contributed by atoms with Crippen LogP contribution in [0.25, 0.3) is 0 Å². The summed E-state index contributed by atoms with van der Waals surface area (Å²) in [5.74, 6) is -0.203. The molecule has 32 heavy (non-hydrogen) atoms. The van der Waals surface area contributed by atoms with Gasteiger partial charge in [0.2, 0.25) is 0 Å². The lowest BCUT2D eigenvalue weighted by Gasteiger charge is -2.35. The summed E-state index contributed by atoms with van der Waals surface area (Å²) in [5.41, 5.74) is 2.74. The molecular formula is C27H40N4O. The molecule has 0 atom stereocenters. The van der Waals surface area contributed by atoms with E-state index < -0.39 is 0 Å². The minimum atomic E-state index is -0.203. The smallest absolute Gasteiger partial charge is 0.263 e. The average Bonchev–Trinajstić information content (AvgIpc) is 2.79. The van der Waals surface area contributed by atoms with Crippen molar-refractivity contribution in [1.82, 2.24) is 10.2 Å². The van der Waals surface area contributed by atoms with Crippen LogP contribution >= 0.6 is 0 Å². The van der Waals surface area contributed by atoms with E-state index in [9.17, 15) is 10.1 Å². The molecule has 5 nitrogen and oxygen atoms in total. The zero-order valence-electron chi connectivity index (χ0n) is 19.8. The molecule has 1 aromatic rings. The number of nitriles is 1. The van der Waals surface area contributed by atoms with Gasteiger partial charge in [-0.15, -0.1) is 0 Å². The van der Waals surface area contributed by atoms with Crippen LogP contribution in [-0.4, -0.2) is 43.0 Å². The number of amides is 1. The fraction of sp³-hybridized carbons (Fsp3) is 0.630. The predicted octanol–water partition coefficient (Wildman–Crippen LogP) is 5.31. The summed E-state index contributed by atoms with van der Waals surface area (Å²) in [6.07, 6.45) is 15.3. The van der Waals surface area contributed by atoms with Crippen LogP contribution in [0.3, 0.4) is 0 Å². The number of piperazine rings is 1. The van der Waals surface area contributed by atoms with E-state index in [0.717, 1.165) is 51.9 Å². The number of nitrogens with zero attached hydrogens (tertiary/aromatic N) is 3. The molecule has 1 amide bonds. The largest absolute Gasteiger partial charge is 0.373 e. The molecular weight excluding hydrogens is 396 g/mol. The number of hydrogen-bond donors (Lipinski definition) is 1. The van der Waals surface area contributed by atoms with Gasteiger partial charge in [-0.1, -0.05) is 69.9 Å². The summed E-state index contributed by atoms with van der Waals surface area (Å²) >= 11 is 0. The molecule has 3 rings (SSSR count). The van der Waals surface area contributed by atoms with Gasteiger partial charge in [-0.3, -0.25) is 4.79 Å². The van der Waals surface area contributed by atoms with Crippen LogP contribution in [0.4, 0.5) is 5.69 Å². The predicted molar refractivity (Wildman–Crippen MR) is 131 cm³/mol. The van der Waals surface area contributed by atoms with E-state index in [-0.39, 0.29) is 17.5 Å². The third-order valence-electron chi connectivity index (χ3n) is 6.80. The zero-order chi connectivity index (χ0) is 22.6. The first-order valence-electron chi connectivity index (χ1n) is 12.6. The Morgan fingerprint density at radius 2 is 1.56 bits per heavy atom. The molecule has 174 valence electrons. The Kier molecular flexibility index (Phi) is 9.94. The standard InChI is InChI=1S/C27H40N4O/c1-23-12-11-15-26(20-23)31-18-16-30(17-19-31)22-24(21-28)27(32)29-25-13-9-7-5-3-2-4-6-8-10-14-25/h11-12,15,20,22,25H,2-10,13-14,16-19H2,1H3,(H,29,32)/b24-22-. The minimum absolute atomic E-state index is 0.192. The van der Waals surface area contributed by atoms with Crippen molar-refractivity contribution >= 4 is 11.6 Å². The molecule has 1 saturated heterocycles. The van der Waals surface area contributed by atoms with Crippen molar-refractivity contribution in [2.24, 2.45) is 0 Å². The molecule has 2 fully saturated rings. The maximum Gasteiger partial charge on any atom is 0.263 e. The average molecular weight is 437 g/mol. The van der Waals surface area contributed by atoms with Gasteiger partial charge in [-0.05, 0) is 37.5 Å². The first-order valence-corrected chi connectivity index (χ1v) is 12.6. The number of nitrogens with one attached hydrogen (secondary N) is 1. The monoisotopic (exact) mass is 436 g/mol. The number of aryl methyl sites for hydroxylation is 1. The number of rotatable bonds is 4. The second-order valence-electron chi connectivity index (χ2n) is 9.45. The first-order chi connectivity index (χ1) is 15.7. The molecule has 0 radical (unpaired) electrons. The second kappa shape index (κ2) is 13.2. The van der Waals surface area contributed by atoms with Gasteiger partial charge in [0.05, 0.1) is 0 Å². The van der Waals surface area contributed by atoms with Crippen LogP contribution in [0.2, 0.25) is 0 Å². The van der Waals surface area contributed by atoms with Crippen molar-refractivity contribution in [3.63, 3.8) is 0 Å². The van der Waals surface area contributed by atoms with E-state index >= 15 is 0 Å². The van der Waals surface area contributed by atoms with Crippen molar-refractivity contribution in [2.45, 2.75) is 83.6 Å². The highest BCUT2D eigenvalue weighted by atomic mass is 16.1. The van der Waals surface area contributed by atoms with Crippen LogP contribution in [0.1, 0.15) is 76.2 Å². The number of carbonyl (C=O) groups is 1. The van der Waals surface area contributed by atoms with Crippen LogP contribution in [-0.2, 0) is 4.79 Å². The fourth-order valence-electron chi connectivity index (χ4n) is 4.83. The van der Waals surface area contributed by atoms with Crippen molar-refractivity contribution in [1.29, 1.82) is 5.26 Å². The van der Waals surface area contributed by atoms with Gasteiger partial charge in [-0.2, -0.15) is 5.26 Å². The van der Waals surface area contributed by atoms with Gasteiger partial charge in [0.25, 0.3) is 5.91 Å². The van der Waals surface area contributed by atoms with Crippen molar-refractivity contribution in [3.05, 3.63) is 41.6 Å². The lowest BCUT2D eigenvalue weighted by atomic mass is 9.97. The molecule has 0 spiro atoms. The van der Waals surface area contributed by atoms with E-state index in [1.165, 1.54) is 56.2 Å². The Hall–Kier alpha value is -2.48. The van der Waals surface area contributed by atoms with Crippen molar-refractivity contribution in [3.8, 4) is 6.07 Å². The van der Waals surface area contributed by atoms with Gasteiger partial charge < -0.3 is 15.1 Å². The molecule has 0 unspecified atom stereocenters. The molecule has 1 saturated carbocycles. The van der Waals surface area contributed by atoms with Crippen LogP contribution in [0, 0.1) is 18.3 Å². The van der Waals surface area contributed by atoms with E-state index in [0.29, 0.717) is 0 Å². The Labute approximate surface area is 194 Å². The van der Waals surface area contributed by atoms with E-state index in [2.05, 4.69) is 52.4 Å². The first kappa shape index (κ1) is 24.2. The summed E-state index contributed by atoms with van der Waals surface area (Å²) in [4.78, 5) is 17.4. The molecule has 1 N–H and O–H groups in total. The summed E-state index contributed by atoms with van der Waals surface area (Å²) in [7, 11) is 0. The lowest BCUT2D eigenvalue weighted by molar-refractivity contribution is -0.118. The number of anilines is 1. The molecule has 1 heterocycles. The highest BCUT2D eigenvalue weighted by Gasteiger charge is 2.20. The topological polar surface area (TPSA) is 59.4 Å². The van der Waals surface area contributed by atoms with Gasteiger partial charge in [0.1, 0.15) is 11.6 Å².